The van der Waals surface area contributed by atoms with Crippen LogP contribution in [0.2, 0.25) is 0 Å². The van der Waals surface area contributed by atoms with Crippen molar-refractivity contribution >= 4 is 5.97 Å². The average molecular weight is 225 g/mol. The van der Waals surface area contributed by atoms with Crippen molar-refractivity contribution in [1.82, 2.24) is 5.32 Å². The van der Waals surface area contributed by atoms with Crippen LogP contribution >= 0.6 is 0 Å². The van der Waals surface area contributed by atoms with Crippen LogP contribution in [-0.2, 0) is 4.79 Å². The molecule has 3 nitrogen and oxygen atoms in total. The number of rotatable bonds is 2. The summed E-state index contributed by atoms with van der Waals surface area (Å²) in [4.78, 5) is 11.2. The molecular formula is C13H23NO2. The predicted molar refractivity (Wildman–Crippen MR) is 65.5 cm³/mol. The third-order valence-electron chi connectivity index (χ3n) is 3.03. The van der Waals surface area contributed by atoms with E-state index in [1.54, 1.807) is 0 Å². The molecule has 2 N–H and O–H groups in total. The maximum Gasteiger partial charge on any atom is 0.331 e. The van der Waals surface area contributed by atoms with Crippen LogP contribution in [0.25, 0.3) is 0 Å². The minimum Gasteiger partial charge on any atom is -0.478 e. The summed E-state index contributed by atoms with van der Waals surface area (Å²) in [5.74, 6) is -0.758. The van der Waals surface area contributed by atoms with Crippen LogP contribution in [0, 0.1) is 0 Å². The molecule has 1 heterocycles. The molecule has 1 saturated heterocycles. The number of aliphatic carboxylic acids is 1. The fourth-order valence-electron chi connectivity index (χ4n) is 2.90. The van der Waals surface area contributed by atoms with Crippen LogP contribution in [0.5, 0.6) is 0 Å². The maximum absolute atomic E-state index is 11.2. The molecule has 0 aromatic heterocycles. The van der Waals surface area contributed by atoms with Crippen LogP contribution < -0.4 is 5.32 Å². The molecule has 1 aliphatic rings. The summed E-state index contributed by atoms with van der Waals surface area (Å²) in [6.45, 7) is 10.4. The predicted octanol–water partition coefficient (Wildman–Crippen LogP) is 2.72. The normalized spacial score (nSPS) is 22.9. The summed E-state index contributed by atoms with van der Waals surface area (Å²) in [5, 5.41) is 12.7. The first-order chi connectivity index (χ1) is 7.17. The molecule has 0 atom stereocenters. The third-order valence-corrected chi connectivity index (χ3v) is 3.03. The molecule has 3 heteroatoms. The summed E-state index contributed by atoms with van der Waals surface area (Å²) in [6, 6.07) is 0. The number of carbonyl (C=O) groups is 1. The van der Waals surface area contributed by atoms with E-state index in [0.717, 1.165) is 18.4 Å². The molecule has 1 fully saturated rings. The van der Waals surface area contributed by atoms with Crippen molar-refractivity contribution < 1.29 is 9.90 Å². The summed E-state index contributed by atoms with van der Waals surface area (Å²) < 4.78 is 0. The van der Waals surface area contributed by atoms with E-state index >= 15 is 0 Å². The minimum absolute atomic E-state index is 0.0209. The molecule has 0 aromatic carbocycles. The van der Waals surface area contributed by atoms with Gasteiger partial charge in [0.25, 0.3) is 0 Å². The first kappa shape index (κ1) is 13.2. The van der Waals surface area contributed by atoms with Gasteiger partial charge in [-0.05, 0) is 47.0 Å². The molecule has 0 unspecified atom stereocenters. The van der Waals surface area contributed by atoms with Gasteiger partial charge in [0.05, 0.1) is 0 Å². The Morgan fingerprint density at radius 3 is 2.00 bits per heavy atom. The van der Waals surface area contributed by atoms with Gasteiger partial charge in [-0.15, -0.1) is 0 Å². The summed E-state index contributed by atoms with van der Waals surface area (Å²) in [5.41, 5.74) is 1.66. The first-order valence-corrected chi connectivity index (χ1v) is 5.90. The van der Waals surface area contributed by atoms with Crippen molar-refractivity contribution in [2.45, 2.75) is 65.0 Å². The molecule has 16 heavy (non-hydrogen) atoms. The smallest absolute Gasteiger partial charge is 0.331 e. The lowest BCUT2D eigenvalue weighted by atomic mass is 9.77. The highest BCUT2D eigenvalue weighted by molar-refractivity contribution is 5.87. The van der Waals surface area contributed by atoms with Gasteiger partial charge in [-0.1, -0.05) is 12.5 Å². The Balaban J connectivity index is 3.10. The lowest BCUT2D eigenvalue weighted by molar-refractivity contribution is -0.132. The van der Waals surface area contributed by atoms with Gasteiger partial charge in [-0.25, -0.2) is 4.79 Å². The summed E-state index contributed by atoms with van der Waals surface area (Å²) >= 11 is 0. The molecule has 1 rings (SSSR count). The third kappa shape index (κ3) is 3.08. The average Bonchev–Trinajstić information content (AvgIpc) is 1.97. The lowest BCUT2D eigenvalue weighted by Gasteiger charge is -2.44. The SMILES string of the molecule is CCC(C(=O)O)=C1CC(C)(C)NC(C)(C)C1. The van der Waals surface area contributed by atoms with Crippen molar-refractivity contribution in [3.8, 4) is 0 Å². The van der Waals surface area contributed by atoms with Crippen molar-refractivity contribution in [2.75, 3.05) is 0 Å². The summed E-state index contributed by atoms with van der Waals surface area (Å²) in [7, 11) is 0. The number of nitrogens with one attached hydrogen (secondary N) is 1. The van der Waals surface area contributed by atoms with E-state index in [-0.39, 0.29) is 11.1 Å². The summed E-state index contributed by atoms with van der Waals surface area (Å²) in [6.07, 6.45) is 2.26. The zero-order valence-corrected chi connectivity index (χ0v) is 11.0. The molecule has 0 aromatic rings. The molecule has 0 amide bonds. The number of hydrogen-bond donors (Lipinski definition) is 2. The second-order valence-electron chi connectivity index (χ2n) is 5.99. The largest absolute Gasteiger partial charge is 0.478 e. The van der Waals surface area contributed by atoms with E-state index in [4.69, 9.17) is 0 Å². The van der Waals surface area contributed by atoms with E-state index in [2.05, 4.69) is 33.0 Å². The van der Waals surface area contributed by atoms with Gasteiger partial charge in [0.2, 0.25) is 0 Å². The Labute approximate surface area is 97.9 Å². The Hall–Kier alpha value is -0.830. The van der Waals surface area contributed by atoms with Gasteiger partial charge < -0.3 is 10.4 Å². The fraction of sp³-hybridized carbons (Fsp3) is 0.769. The molecule has 0 bridgehead atoms. The van der Waals surface area contributed by atoms with Gasteiger partial charge in [0.1, 0.15) is 0 Å². The Morgan fingerprint density at radius 2 is 1.69 bits per heavy atom. The van der Waals surface area contributed by atoms with Crippen LogP contribution in [0.15, 0.2) is 11.1 Å². The standard InChI is InChI=1S/C13H23NO2/c1-6-10(11(15)16)9-7-12(2,3)14-13(4,5)8-9/h14H,6-8H2,1-5H3,(H,15,16). The van der Waals surface area contributed by atoms with Crippen molar-refractivity contribution in [3.63, 3.8) is 0 Å². The first-order valence-electron chi connectivity index (χ1n) is 5.90. The van der Waals surface area contributed by atoms with Gasteiger partial charge in [0, 0.05) is 16.7 Å². The highest BCUT2D eigenvalue weighted by atomic mass is 16.4. The van der Waals surface area contributed by atoms with E-state index in [1.165, 1.54) is 0 Å². The monoisotopic (exact) mass is 225 g/mol. The van der Waals surface area contributed by atoms with Crippen molar-refractivity contribution in [3.05, 3.63) is 11.1 Å². The highest BCUT2D eigenvalue weighted by Gasteiger charge is 2.36. The van der Waals surface area contributed by atoms with E-state index in [0.29, 0.717) is 12.0 Å². The van der Waals surface area contributed by atoms with Crippen molar-refractivity contribution in [2.24, 2.45) is 0 Å². The molecule has 1 aliphatic heterocycles. The highest BCUT2D eigenvalue weighted by Crippen LogP contribution is 2.34. The van der Waals surface area contributed by atoms with Crippen LogP contribution in [-0.4, -0.2) is 22.2 Å². The molecule has 0 saturated carbocycles. The fourth-order valence-corrected chi connectivity index (χ4v) is 2.90. The van der Waals surface area contributed by atoms with Gasteiger partial charge >= 0.3 is 5.97 Å². The van der Waals surface area contributed by atoms with E-state index in [1.807, 2.05) is 6.92 Å². The van der Waals surface area contributed by atoms with Gasteiger partial charge in [0.15, 0.2) is 0 Å². The topological polar surface area (TPSA) is 49.3 Å². The molecule has 0 aliphatic carbocycles. The second-order valence-corrected chi connectivity index (χ2v) is 5.99. The van der Waals surface area contributed by atoms with Crippen LogP contribution in [0.1, 0.15) is 53.9 Å². The number of hydrogen-bond acceptors (Lipinski definition) is 2. The molecular weight excluding hydrogens is 202 g/mol. The lowest BCUT2D eigenvalue weighted by Crippen LogP contribution is -2.56. The Bertz CT molecular complexity index is 309. The molecule has 0 spiro atoms. The maximum atomic E-state index is 11.2. The van der Waals surface area contributed by atoms with Gasteiger partial charge in [-0.3, -0.25) is 0 Å². The quantitative estimate of drug-likeness (QED) is 0.710. The van der Waals surface area contributed by atoms with E-state index < -0.39 is 5.97 Å². The van der Waals surface area contributed by atoms with E-state index in [9.17, 15) is 9.90 Å². The number of piperidine rings is 1. The Kier molecular flexibility index (Phi) is 3.48. The van der Waals surface area contributed by atoms with Crippen LogP contribution in [0.3, 0.4) is 0 Å². The van der Waals surface area contributed by atoms with Crippen LogP contribution in [0.4, 0.5) is 0 Å². The molecule has 92 valence electrons. The zero-order valence-electron chi connectivity index (χ0n) is 11.0. The molecule has 0 radical (unpaired) electrons. The second kappa shape index (κ2) is 4.21. The van der Waals surface area contributed by atoms with Crippen molar-refractivity contribution in [1.29, 1.82) is 0 Å². The Morgan fingerprint density at radius 1 is 1.25 bits per heavy atom. The zero-order chi connectivity index (χ0) is 12.6. The number of carboxylic acids is 1. The number of carboxylic acid groups (broad SMARTS) is 1. The van der Waals surface area contributed by atoms with Gasteiger partial charge in [-0.2, -0.15) is 0 Å². The minimum atomic E-state index is -0.758.